The van der Waals surface area contributed by atoms with E-state index in [9.17, 15) is 16.8 Å². The Morgan fingerprint density at radius 3 is 2.59 bits per heavy atom. The van der Waals surface area contributed by atoms with Crippen LogP contribution in [0.4, 0.5) is 5.69 Å². The number of hydrogen-bond donors (Lipinski definition) is 1. The van der Waals surface area contributed by atoms with E-state index in [0.717, 1.165) is 11.3 Å². The van der Waals surface area contributed by atoms with Gasteiger partial charge in [-0.3, -0.25) is 4.72 Å². The lowest BCUT2D eigenvalue weighted by Gasteiger charge is -2.08. The average Bonchev–Trinajstić information content (AvgIpc) is 2.98. The summed E-state index contributed by atoms with van der Waals surface area (Å²) in [5.74, 6) is -0.184. The van der Waals surface area contributed by atoms with Gasteiger partial charge in [0.25, 0.3) is 0 Å². The van der Waals surface area contributed by atoms with E-state index < -0.39 is 19.9 Å². The average molecular weight is 445 g/mol. The molecule has 0 radical (unpaired) electrons. The topological polar surface area (TPSA) is 93.2 Å². The number of anilines is 1. The Balaban J connectivity index is 1.84. The Hall–Kier alpha value is -1.68. The minimum absolute atomic E-state index is 0.0337. The minimum Gasteiger partial charge on any atom is -0.283 e. The van der Waals surface area contributed by atoms with Gasteiger partial charge in [0.1, 0.15) is 0 Å². The number of hydrogen-bond acceptors (Lipinski definition) is 6. The Morgan fingerprint density at radius 1 is 1.11 bits per heavy atom. The smallest absolute Gasteiger partial charge is 0.236 e. The molecule has 0 amide bonds. The molecule has 6 nitrogen and oxygen atoms in total. The highest BCUT2D eigenvalue weighted by Gasteiger charge is 2.19. The van der Waals surface area contributed by atoms with E-state index in [1.165, 1.54) is 0 Å². The van der Waals surface area contributed by atoms with Crippen LogP contribution < -0.4 is 4.72 Å². The van der Waals surface area contributed by atoms with E-state index in [1.807, 2.05) is 0 Å². The first-order chi connectivity index (χ1) is 12.7. The van der Waals surface area contributed by atoms with Crippen molar-refractivity contribution >= 4 is 58.7 Å². The number of halogens is 1. The summed E-state index contributed by atoms with van der Waals surface area (Å²) in [5, 5.41) is 0.467. The molecular formula is C17H17ClN2O4S3. The van der Waals surface area contributed by atoms with Gasteiger partial charge < -0.3 is 0 Å². The molecule has 0 aliphatic rings. The molecule has 3 rings (SSSR count). The summed E-state index contributed by atoms with van der Waals surface area (Å²) in [6, 6.07) is 11.4. The first-order valence-corrected chi connectivity index (χ1v) is 12.6. The number of sulfonamides is 1. The third-order valence-electron chi connectivity index (χ3n) is 3.63. The minimum atomic E-state index is -3.65. The SMILES string of the molecule is CCCS(=O)(=O)c1nc2ccc(NS(=O)(=O)Cc3cccc(Cl)c3)cc2s1. The summed E-state index contributed by atoms with van der Waals surface area (Å²) in [6.45, 7) is 1.79. The van der Waals surface area contributed by atoms with Crippen molar-refractivity contribution in [3.8, 4) is 0 Å². The molecule has 3 aromatic rings. The number of sulfone groups is 1. The summed E-state index contributed by atoms with van der Waals surface area (Å²) in [5.41, 5.74) is 1.45. The van der Waals surface area contributed by atoms with Gasteiger partial charge >= 0.3 is 0 Å². The quantitative estimate of drug-likeness (QED) is 0.592. The third-order valence-corrected chi connectivity index (χ3v) is 8.52. The van der Waals surface area contributed by atoms with E-state index in [4.69, 9.17) is 11.6 Å². The molecule has 0 fully saturated rings. The number of fused-ring (bicyclic) bond motifs is 1. The van der Waals surface area contributed by atoms with Crippen LogP contribution in [0.25, 0.3) is 10.2 Å². The Bertz CT molecular complexity index is 1190. The summed E-state index contributed by atoms with van der Waals surface area (Å²) in [7, 11) is -7.05. The normalized spacial score (nSPS) is 12.4. The third kappa shape index (κ3) is 4.98. The fourth-order valence-electron chi connectivity index (χ4n) is 2.52. The van der Waals surface area contributed by atoms with E-state index in [0.29, 0.717) is 32.9 Å². The van der Waals surface area contributed by atoms with E-state index >= 15 is 0 Å². The van der Waals surface area contributed by atoms with Gasteiger partial charge in [0.2, 0.25) is 24.2 Å². The zero-order valence-electron chi connectivity index (χ0n) is 14.3. The summed E-state index contributed by atoms with van der Waals surface area (Å²) >= 11 is 6.93. The Labute approximate surface area is 167 Å². The second-order valence-electron chi connectivity index (χ2n) is 5.97. The number of nitrogens with one attached hydrogen (secondary N) is 1. The van der Waals surface area contributed by atoms with Crippen LogP contribution in [0.5, 0.6) is 0 Å². The van der Waals surface area contributed by atoms with Crippen LogP contribution >= 0.6 is 22.9 Å². The second-order valence-corrected chi connectivity index (χ2v) is 11.4. The van der Waals surface area contributed by atoms with Crippen LogP contribution in [0.3, 0.4) is 0 Å². The number of benzene rings is 2. The molecule has 0 aliphatic heterocycles. The van der Waals surface area contributed by atoms with Gasteiger partial charge in [-0.25, -0.2) is 21.8 Å². The lowest BCUT2D eigenvalue weighted by atomic mass is 10.2. The fraction of sp³-hybridized carbons (Fsp3) is 0.235. The number of rotatable bonds is 7. The maximum absolute atomic E-state index is 12.4. The fourth-order valence-corrected chi connectivity index (χ4v) is 6.62. The Kier molecular flexibility index (Phi) is 5.76. The van der Waals surface area contributed by atoms with Crippen LogP contribution in [-0.4, -0.2) is 27.6 Å². The van der Waals surface area contributed by atoms with Crippen molar-refractivity contribution in [1.29, 1.82) is 0 Å². The van der Waals surface area contributed by atoms with E-state index in [-0.39, 0.29) is 15.8 Å². The van der Waals surface area contributed by atoms with Crippen LogP contribution in [0.1, 0.15) is 18.9 Å². The number of thiazole rings is 1. The molecule has 1 heterocycles. The first kappa shape index (κ1) is 20.1. The van der Waals surface area contributed by atoms with Gasteiger partial charge in [-0.15, -0.1) is 11.3 Å². The molecule has 144 valence electrons. The van der Waals surface area contributed by atoms with Crippen molar-refractivity contribution in [2.75, 3.05) is 10.5 Å². The van der Waals surface area contributed by atoms with Crippen LogP contribution in [-0.2, 0) is 25.6 Å². The van der Waals surface area contributed by atoms with E-state index in [1.54, 1.807) is 49.4 Å². The molecule has 1 N–H and O–H groups in total. The largest absolute Gasteiger partial charge is 0.283 e. The highest BCUT2D eigenvalue weighted by Crippen LogP contribution is 2.29. The molecule has 1 aromatic heterocycles. The van der Waals surface area contributed by atoms with Gasteiger partial charge in [0, 0.05) is 5.02 Å². The predicted molar refractivity (Wildman–Crippen MR) is 110 cm³/mol. The van der Waals surface area contributed by atoms with Gasteiger partial charge in [-0.05, 0) is 42.3 Å². The van der Waals surface area contributed by atoms with Crippen LogP contribution in [0.2, 0.25) is 5.02 Å². The molecule has 27 heavy (non-hydrogen) atoms. The van der Waals surface area contributed by atoms with Crippen molar-refractivity contribution in [2.45, 2.75) is 23.4 Å². The van der Waals surface area contributed by atoms with Gasteiger partial charge in [-0.2, -0.15) is 0 Å². The molecule has 0 bridgehead atoms. The highest BCUT2D eigenvalue weighted by atomic mass is 35.5. The molecule has 0 saturated carbocycles. The molecule has 0 atom stereocenters. The predicted octanol–water partition coefficient (Wildman–Crippen LogP) is 4.08. The number of aromatic nitrogens is 1. The zero-order valence-corrected chi connectivity index (χ0v) is 17.6. The molecule has 2 aromatic carbocycles. The molecule has 0 unspecified atom stereocenters. The van der Waals surface area contributed by atoms with Crippen molar-refractivity contribution < 1.29 is 16.8 Å². The Morgan fingerprint density at radius 2 is 1.89 bits per heavy atom. The summed E-state index contributed by atoms with van der Waals surface area (Å²) < 4.78 is 52.3. The maximum Gasteiger partial charge on any atom is 0.236 e. The molecule has 0 aliphatic carbocycles. The first-order valence-electron chi connectivity index (χ1n) is 8.07. The van der Waals surface area contributed by atoms with Crippen molar-refractivity contribution in [2.24, 2.45) is 0 Å². The maximum atomic E-state index is 12.4. The monoisotopic (exact) mass is 444 g/mol. The van der Waals surface area contributed by atoms with Gasteiger partial charge in [0.05, 0.1) is 27.4 Å². The lowest BCUT2D eigenvalue weighted by molar-refractivity contribution is 0.593. The van der Waals surface area contributed by atoms with Crippen molar-refractivity contribution in [1.82, 2.24) is 4.98 Å². The summed E-state index contributed by atoms with van der Waals surface area (Å²) in [4.78, 5) is 4.16. The van der Waals surface area contributed by atoms with Crippen molar-refractivity contribution in [3.63, 3.8) is 0 Å². The van der Waals surface area contributed by atoms with Gasteiger partial charge in [-0.1, -0.05) is 30.7 Å². The second kappa shape index (κ2) is 7.75. The zero-order chi connectivity index (χ0) is 19.7. The van der Waals surface area contributed by atoms with Crippen LogP contribution in [0.15, 0.2) is 46.8 Å². The standard InChI is InChI=1S/C17H17ClN2O4S3/c1-2-8-26(21,22)17-19-15-7-6-14(10-16(15)25-17)20-27(23,24)11-12-4-3-5-13(18)9-12/h3-7,9-10,20H,2,8,11H2,1H3. The molecule has 10 heteroatoms. The molecular weight excluding hydrogens is 428 g/mol. The van der Waals surface area contributed by atoms with E-state index in [2.05, 4.69) is 9.71 Å². The van der Waals surface area contributed by atoms with Gasteiger partial charge in [0.15, 0.2) is 0 Å². The molecule has 0 spiro atoms. The number of nitrogens with zero attached hydrogens (tertiary/aromatic N) is 1. The van der Waals surface area contributed by atoms with Crippen molar-refractivity contribution in [3.05, 3.63) is 53.1 Å². The summed E-state index contributed by atoms with van der Waals surface area (Å²) in [6.07, 6.45) is 0.507. The molecule has 0 saturated heterocycles. The highest BCUT2D eigenvalue weighted by molar-refractivity contribution is 7.93. The van der Waals surface area contributed by atoms with Crippen LogP contribution in [0, 0.1) is 0 Å². The lowest BCUT2D eigenvalue weighted by Crippen LogP contribution is -2.14.